The fourth-order valence-electron chi connectivity index (χ4n) is 4.33. The number of hydrogen-bond donors (Lipinski definition) is 0. The summed E-state index contributed by atoms with van der Waals surface area (Å²) in [4.78, 5) is 29.5. The van der Waals surface area contributed by atoms with Crippen LogP contribution >= 0.6 is 11.6 Å². The molecule has 2 aromatic carbocycles. The highest BCUT2D eigenvalue weighted by Crippen LogP contribution is 2.34. The average molecular weight is 409 g/mol. The minimum absolute atomic E-state index is 0.177. The second kappa shape index (κ2) is 8.42. The van der Waals surface area contributed by atoms with E-state index in [9.17, 15) is 9.59 Å². The molecule has 4 nitrogen and oxygen atoms in total. The topological polar surface area (TPSA) is 40.6 Å². The zero-order valence-corrected chi connectivity index (χ0v) is 17.4. The molecule has 4 rings (SSSR count). The zero-order chi connectivity index (χ0) is 20.4. The third-order valence-electron chi connectivity index (χ3n) is 5.89. The van der Waals surface area contributed by atoms with E-state index in [0.717, 1.165) is 37.9 Å². The Morgan fingerprint density at radius 2 is 1.59 bits per heavy atom. The van der Waals surface area contributed by atoms with Gasteiger partial charge in [-0.25, -0.2) is 0 Å². The Hall–Kier alpha value is -2.59. The summed E-state index contributed by atoms with van der Waals surface area (Å²) in [5.74, 6) is 0.216. The first-order chi connectivity index (χ1) is 14.1. The second-order valence-electron chi connectivity index (χ2n) is 7.71. The van der Waals surface area contributed by atoms with Gasteiger partial charge in [-0.05, 0) is 55.4 Å². The highest BCUT2D eigenvalue weighted by atomic mass is 35.5. The van der Waals surface area contributed by atoms with E-state index in [1.54, 1.807) is 12.1 Å². The number of rotatable bonds is 5. The lowest BCUT2D eigenvalue weighted by Crippen LogP contribution is -2.39. The summed E-state index contributed by atoms with van der Waals surface area (Å²) in [6.45, 7) is 3.80. The van der Waals surface area contributed by atoms with Gasteiger partial charge in [-0.2, -0.15) is 0 Å². The van der Waals surface area contributed by atoms with E-state index in [4.69, 9.17) is 11.6 Å². The largest absolute Gasteiger partial charge is 0.366 e. The van der Waals surface area contributed by atoms with Crippen molar-refractivity contribution in [1.82, 2.24) is 9.80 Å². The van der Waals surface area contributed by atoms with Crippen LogP contribution < -0.4 is 0 Å². The van der Waals surface area contributed by atoms with E-state index in [1.807, 2.05) is 25.1 Å². The first kappa shape index (κ1) is 19.7. The van der Waals surface area contributed by atoms with Crippen molar-refractivity contribution in [1.29, 1.82) is 0 Å². The summed E-state index contributed by atoms with van der Waals surface area (Å²) >= 11 is 6.02. The van der Waals surface area contributed by atoms with E-state index in [0.29, 0.717) is 28.8 Å². The summed E-state index contributed by atoms with van der Waals surface area (Å²) in [7, 11) is 0. The van der Waals surface area contributed by atoms with Crippen molar-refractivity contribution in [2.45, 2.75) is 26.2 Å². The van der Waals surface area contributed by atoms with Crippen LogP contribution in [0.15, 0.2) is 60.3 Å². The maximum atomic E-state index is 13.0. The molecule has 1 fully saturated rings. The van der Waals surface area contributed by atoms with Crippen molar-refractivity contribution in [3.8, 4) is 0 Å². The molecule has 29 heavy (non-hydrogen) atoms. The summed E-state index contributed by atoms with van der Waals surface area (Å²) < 4.78 is 0. The third kappa shape index (κ3) is 3.95. The molecule has 0 radical (unpaired) electrons. The lowest BCUT2D eigenvalue weighted by molar-refractivity contribution is -0.137. The molecule has 1 saturated heterocycles. The van der Waals surface area contributed by atoms with E-state index in [1.165, 1.54) is 10.5 Å². The first-order valence-electron chi connectivity index (χ1n) is 10.2. The number of nitrogens with zero attached hydrogens (tertiary/aromatic N) is 2. The molecular formula is C24H25ClN2O2. The molecule has 0 N–H and O–H groups in total. The van der Waals surface area contributed by atoms with Gasteiger partial charge in [0.25, 0.3) is 11.8 Å². The molecule has 2 aliphatic rings. The van der Waals surface area contributed by atoms with Crippen LogP contribution in [0.1, 0.15) is 30.9 Å². The minimum Gasteiger partial charge on any atom is -0.366 e. The maximum Gasteiger partial charge on any atom is 0.277 e. The van der Waals surface area contributed by atoms with Gasteiger partial charge in [0.2, 0.25) is 0 Å². The van der Waals surface area contributed by atoms with Crippen LogP contribution in [-0.2, 0) is 16.0 Å². The highest BCUT2D eigenvalue weighted by molar-refractivity contribution is 6.36. The van der Waals surface area contributed by atoms with Crippen molar-refractivity contribution < 1.29 is 9.59 Å². The van der Waals surface area contributed by atoms with E-state index in [2.05, 4.69) is 29.2 Å². The van der Waals surface area contributed by atoms with Gasteiger partial charge in [-0.15, -0.1) is 0 Å². The standard InChI is InChI=1S/C24H25ClN2O2/c1-2-27-23(28)21(19-8-10-20(25)11-9-19)22(24(27)29)26-14-12-18(13-15-26)16-17-6-4-3-5-7-17/h3-11,18H,2,12-16H2,1H3. The predicted molar refractivity (Wildman–Crippen MR) is 115 cm³/mol. The van der Waals surface area contributed by atoms with Crippen LogP contribution in [0, 0.1) is 5.92 Å². The van der Waals surface area contributed by atoms with Gasteiger partial charge in [0, 0.05) is 24.7 Å². The van der Waals surface area contributed by atoms with E-state index < -0.39 is 0 Å². The number of carbonyl (C=O) groups is 2. The second-order valence-corrected chi connectivity index (χ2v) is 8.14. The zero-order valence-electron chi connectivity index (χ0n) is 16.6. The smallest absolute Gasteiger partial charge is 0.277 e. The van der Waals surface area contributed by atoms with Crippen LogP contribution in [0.3, 0.4) is 0 Å². The molecule has 0 saturated carbocycles. The SMILES string of the molecule is CCN1C(=O)C(c2ccc(Cl)cc2)=C(N2CCC(Cc3ccccc3)CC2)C1=O. The molecule has 5 heteroatoms. The molecule has 0 aromatic heterocycles. The van der Waals surface area contributed by atoms with Gasteiger partial charge in [0.1, 0.15) is 5.70 Å². The lowest BCUT2D eigenvalue weighted by Gasteiger charge is -2.34. The summed E-state index contributed by atoms with van der Waals surface area (Å²) in [5.41, 5.74) is 3.17. The summed E-state index contributed by atoms with van der Waals surface area (Å²) in [6.07, 6.45) is 3.09. The van der Waals surface area contributed by atoms with Gasteiger partial charge in [-0.3, -0.25) is 14.5 Å². The number of halogens is 1. The normalized spacial score (nSPS) is 18.1. The summed E-state index contributed by atoms with van der Waals surface area (Å²) in [5, 5.41) is 0.613. The number of amides is 2. The third-order valence-corrected chi connectivity index (χ3v) is 6.14. The van der Waals surface area contributed by atoms with Crippen LogP contribution in [-0.4, -0.2) is 41.2 Å². The number of likely N-dealkylation sites (N-methyl/N-ethyl adjacent to an activating group) is 1. The first-order valence-corrected chi connectivity index (χ1v) is 10.6. The van der Waals surface area contributed by atoms with Gasteiger partial charge >= 0.3 is 0 Å². The molecule has 0 atom stereocenters. The van der Waals surface area contributed by atoms with Gasteiger partial charge in [0.15, 0.2) is 0 Å². The van der Waals surface area contributed by atoms with Crippen LogP contribution in [0.2, 0.25) is 5.02 Å². The number of imide groups is 1. The van der Waals surface area contributed by atoms with E-state index in [-0.39, 0.29) is 11.8 Å². The molecule has 0 spiro atoms. The Labute approximate surface area is 176 Å². The molecule has 150 valence electrons. The molecule has 2 heterocycles. The van der Waals surface area contributed by atoms with Gasteiger partial charge in [-0.1, -0.05) is 54.1 Å². The maximum absolute atomic E-state index is 13.0. The Bertz CT molecular complexity index is 929. The van der Waals surface area contributed by atoms with Crippen molar-refractivity contribution in [2.24, 2.45) is 5.92 Å². The molecule has 0 bridgehead atoms. The van der Waals surface area contributed by atoms with Crippen molar-refractivity contribution in [2.75, 3.05) is 19.6 Å². The molecular weight excluding hydrogens is 384 g/mol. The van der Waals surface area contributed by atoms with Gasteiger partial charge in [0.05, 0.1) is 5.57 Å². The molecule has 2 amide bonds. The lowest BCUT2D eigenvalue weighted by atomic mass is 9.89. The Balaban J connectivity index is 1.57. The Morgan fingerprint density at radius 3 is 2.21 bits per heavy atom. The Kier molecular flexibility index (Phi) is 5.72. The molecule has 2 aromatic rings. The fourth-order valence-corrected chi connectivity index (χ4v) is 4.45. The van der Waals surface area contributed by atoms with Crippen LogP contribution in [0.25, 0.3) is 5.57 Å². The molecule has 0 aliphatic carbocycles. The summed E-state index contributed by atoms with van der Waals surface area (Å²) in [6, 6.07) is 17.7. The molecule has 2 aliphatic heterocycles. The number of benzene rings is 2. The fraction of sp³-hybridized carbons (Fsp3) is 0.333. The van der Waals surface area contributed by atoms with Crippen LogP contribution in [0.5, 0.6) is 0 Å². The number of carbonyl (C=O) groups excluding carboxylic acids is 2. The van der Waals surface area contributed by atoms with Crippen molar-refractivity contribution >= 4 is 29.0 Å². The number of hydrogen-bond acceptors (Lipinski definition) is 3. The van der Waals surface area contributed by atoms with Crippen molar-refractivity contribution in [3.63, 3.8) is 0 Å². The minimum atomic E-state index is -0.207. The van der Waals surface area contributed by atoms with Gasteiger partial charge < -0.3 is 4.90 Å². The monoisotopic (exact) mass is 408 g/mol. The predicted octanol–water partition coefficient (Wildman–Crippen LogP) is 4.39. The molecule has 0 unspecified atom stereocenters. The quantitative estimate of drug-likeness (QED) is 0.689. The number of piperidine rings is 1. The highest BCUT2D eigenvalue weighted by Gasteiger charge is 2.41. The van der Waals surface area contributed by atoms with E-state index >= 15 is 0 Å². The Morgan fingerprint density at radius 1 is 0.931 bits per heavy atom. The van der Waals surface area contributed by atoms with Crippen LogP contribution in [0.4, 0.5) is 0 Å². The number of likely N-dealkylation sites (tertiary alicyclic amines) is 1. The average Bonchev–Trinajstić information content (AvgIpc) is 2.99. The van der Waals surface area contributed by atoms with Crippen molar-refractivity contribution in [3.05, 3.63) is 76.4 Å².